The van der Waals surface area contributed by atoms with E-state index in [-0.39, 0.29) is 5.91 Å². The predicted octanol–water partition coefficient (Wildman–Crippen LogP) is 3.85. The molecule has 0 unspecified atom stereocenters. The molecule has 2 N–H and O–H groups in total. The minimum absolute atomic E-state index is 0.225. The first-order chi connectivity index (χ1) is 12.2. The molecule has 0 atom stereocenters. The summed E-state index contributed by atoms with van der Waals surface area (Å²) in [5.74, 6) is 0.135. The third kappa shape index (κ3) is 5.02. The van der Waals surface area contributed by atoms with Crippen LogP contribution in [0.3, 0.4) is 0 Å². The molecule has 0 aliphatic rings. The number of halogens is 1. The summed E-state index contributed by atoms with van der Waals surface area (Å²) in [6.07, 6.45) is 2.32. The molecular formula is C19H17ClN4O. The molecule has 3 aromatic rings. The normalized spacial score (nSPS) is 10.3. The Bertz CT molecular complexity index is 838. The van der Waals surface area contributed by atoms with E-state index in [1.807, 2.05) is 42.5 Å². The van der Waals surface area contributed by atoms with Gasteiger partial charge in [0.05, 0.1) is 0 Å². The number of aromatic nitrogens is 2. The molecule has 0 fully saturated rings. The molecular weight excluding hydrogens is 336 g/mol. The Labute approximate surface area is 151 Å². The van der Waals surface area contributed by atoms with Crippen LogP contribution in [0, 0.1) is 0 Å². The van der Waals surface area contributed by atoms with Crippen LogP contribution in [0.2, 0.25) is 5.02 Å². The van der Waals surface area contributed by atoms with Crippen molar-refractivity contribution in [2.24, 2.45) is 0 Å². The van der Waals surface area contributed by atoms with Gasteiger partial charge in [-0.15, -0.1) is 0 Å². The number of hydrogen-bond acceptors (Lipinski definition) is 4. The lowest BCUT2D eigenvalue weighted by molar-refractivity contribution is 0.0949. The summed E-state index contributed by atoms with van der Waals surface area (Å²) >= 11 is 5.86. The SMILES string of the molecule is O=C(NCCc1ccccc1)c1ccnc(Nc2ccc(Cl)cc2)n1. The quantitative estimate of drug-likeness (QED) is 0.707. The first-order valence-corrected chi connectivity index (χ1v) is 8.26. The topological polar surface area (TPSA) is 66.9 Å². The van der Waals surface area contributed by atoms with Gasteiger partial charge in [-0.05, 0) is 42.3 Å². The highest BCUT2D eigenvalue weighted by Gasteiger charge is 2.08. The number of carbonyl (C=O) groups is 1. The lowest BCUT2D eigenvalue weighted by Gasteiger charge is -2.07. The lowest BCUT2D eigenvalue weighted by atomic mass is 10.1. The molecule has 1 aromatic heterocycles. The van der Waals surface area contributed by atoms with Crippen LogP contribution >= 0.6 is 11.6 Å². The first-order valence-electron chi connectivity index (χ1n) is 7.88. The van der Waals surface area contributed by atoms with Crippen molar-refractivity contribution in [2.75, 3.05) is 11.9 Å². The van der Waals surface area contributed by atoms with Gasteiger partial charge in [0.15, 0.2) is 0 Å². The third-order valence-corrected chi connectivity index (χ3v) is 3.78. The minimum atomic E-state index is -0.225. The van der Waals surface area contributed by atoms with Crippen molar-refractivity contribution in [1.29, 1.82) is 0 Å². The maximum atomic E-state index is 12.2. The van der Waals surface area contributed by atoms with E-state index in [9.17, 15) is 4.79 Å². The van der Waals surface area contributed by atoms with Crippen LogP contribution in [0.25, 0.3) is 0 Å². The maximum Gasteiger partial charge on any atom is 0.270 e. The Kier molecular flexibility index (Phi) is 5.59. The monoisotopic (exact) mass is 352 g/mol. The van der Waals surface area contributed by atoms with Crippen molar-refractivity contribution in [2.45, 2.75) is 6.42 Å². The predicted molar refractivity (Wildman–Crippen MR) is 99.2 cm³/mol. The fourth-order valence-electron chi connectivity index (χ4n) is 2.26. The summed E-state index contributed by atoms with van der Waals surface area (Å²) < 4.78 is 0. The average molecular weight is 353 g/mol. The molecule has 2 aromatic carbocycles. The maximum absolute atomic E-state index is 12.2. The Morgan fingerprint density at radius 3 is 2.52 bits per heavy atom. The van der Waals surface area contributed by atoms with Gasteiger partial charge < -0.3 is 10.6 Å². The number of nitrogens with zero attached hydrogens (tertiary/aromatic N) is 2. The first kappa shape index (κ1) is 16.9. The van der Waals surface area contributed by atoms with Crippen LogP contribution in [-0.2, 0) is 6.42 Å². The molecule has 5 nitrogen and oxygen atoms in total. The molecule has 1 amide bonds. The van der Waals surface area contributed by atoms with E-state index in [1.165, 1.54) is 5.56 Å². The highest BCUT2D eigenvalue weighted by molar-refractivity contribution is 6.30. The number of nitrogens with one attached hydrogen (secondary N) is 2. The molecule has 3 rings (SSSR count). The van der Waals surface area contributed by atoms with Crippen LogP contribution in [-0.4, -0.2) is 22.4 Å². The Hall–Kier alpha value is -2.92. The summed E-state index contributed by atoms with van der Waals surface area (Å²) in [6.45, 7) is 0.548. The highest BCUT2D eigenvalue weighted by Crippen LogP contribution is 2.16. The van der Waals surface area contributed by atoms with Crippen LogP contribution in [0.15, 0.2) is 66.9 Å². The molecule has 0 bridgehead atoms. The van der Waals surface area contributed by atoms with Crippen molar-refractivity contribution in [3.05, 3.63) is 83.1 Å². The molecule has 0 saturated carbocycles. The largest absolute Gasteiger partial charge is 0.350 e. The molecule has 6 heteroatoms. The van der Waals surface area contributed by atoms with Crippen LogP contribution in [0.1, 0.15) is 16.1 Å². The van der Waals surface area contributed by atoms with Crippen molar-refractivity contribution < 1.29 is 4.79 Å². The van der Waals surface area contributed by atoms with Crippen LogP contribution < -0.4 is 10.6 Å². The fourth-order valence-corrected chi connectivity index (χ4v) is 2.39. The van der Waals surface area contributed by atoms with Crippen molar-refractivity contribution in [3.8, 4) is 0 Å². The lowest BCUT2D eigenvalue weighted by Crippen LogP contribution is -2.26. The molecule has 1 heterocycles. The van der Waals surface area contributed by atoms with Gasteiger partial charge in [0.2, 0.25) is 5.95 Å². The van der Waals surface area contributed by atoms with E-state index >= 15 is 0 Å². The van der Waals surface area contributed by atoms with E-state index < -0.39 is 0 Å². The van der Waals surface area contributed by atoms with Gasteiger partial charge >= 0.3 is 0 Å². The van der Waals surface area contributed by atoms with Crippen molar-refractivity contribution in [1.82, 2.24) is 15.3 Å². The molecule has 0 radical (unpaired) electrons. The standard InChI is InChI=1S/C19H17ClN4O/c20-15-6-8-16(9-7-15)23-19-22-13-11-17(24-19)18(25)21-12-10-14-4-2-1-3-5-14/h1-9,11,13H,10,12H2,(H,21,25)(H,22,23,24). The Morgan fingerprint density at radius 1 is 1.00 bits per heavy atom. The van der Waals surface area contributed by atoms with Crippen molar-refractivity contribution in [3.63, 3.8) is 0 Å². The molecule has 0 aliphatic heterocycles. The summed E-state index contributed by atoms with van der Waals surface area (Å²) in [5, 5.41) is 6.57. The number of rotatable bonds is 6. The van der Waals surface area contributed by atoms with E-state index in [1.54, 1.807) is 24.4 Å². The van der Waals surface area contributed by atoms with Gasteiger partial charge in [-0.25, -0.2) is 9.97 Å². The average Bonchev–Trinajstić information content (AvgIpc) is 2.65. The molecule has 0 spiro atoms. The Morgan fingerprint density at radius 2 is 1.76 bits per heavy atom. The smallest absolute Gasteiger partial charge is 0.270 e. The second-order valence-electron chi connectivity index (χ2n) is 5.39. The van der Waals surface area contributed by atoms with Gasteiger partial charge in [0.25, 0.3) is 5.91 Å². The van der Waals surface area contributed by atoms with Gasteiger partial charge in [-0.1, -0.05) is 41.9 Å². The van der Waals surface area contributed by atoms with E-state index in [0.29, 0.717) is 23.2 Å². The molecule has 0 aliphatic carbocycles. The summed E-state index contributed by atoms with van der Waals surface area (Å²) in [6, 6.07) is 18.8. The molecule has 25 heavy (non-hydrogen) atoms. The van der Waals surface area contributed by atoms with Gasteiger partial charge in [0.1, 0.15) is 5.69 Å². The number of anilines is 2. The van der Waals surface area contributed by atoms with E-state index in [4.69, 9.17) is 11.6 Å². The zero-order chi connectivity index (χ0) is 17.5. The zero-order valence-electron chi connectivity index (χ0n) is 13.4. The number of carbonyl (C=O) groups excluding carboxylic acids is 1. The number of benzene rings is 2. The van der Waals surface area contributed by atoms with Crippen molar-refractivity contribution >= 4 is 29.1 Å². The van der Waals surface area contributed by atoms with E-state index in [2.05, 4.69) is 20.6 Å². The number of hydrogen-bond donors (Lipinski definition) is 2. The van der Waals surface area contributed by atoms with Crippen LogP contribution in [0.4, 0.5) is 11.6 Å². The summed E-state index contributed by atoms with van der Waals surface area (Å²) in [4.78, 5) is 20.6. The van der Waals surface area contributed by atoms with Gasteiger partial charge in [0, 0.05) is 23.5 Å². The molecule has 0 saturated heterocycles. The van der Waals surface area contributed by atoms with Crippen LogP contribution in [0.5, 0.6) is 0 Å². The summed E-state index contributed by atoms with van der Waals surface area (Å²) in [7, 11) is 0. The fraction of sp³-hybridized carbons (Fsp3) is 0.105. The minimum Gasteiger partial charge on any atom is -0.350 e. The summed E-state index contributed by atoms with van der Waals surface area (Å²) in [5.41, 5.74) is 2.29. The molecule has 126 valence electrons. The van der Waals surface area contributed by atoms with E-state index in [0.717, 1.165) is 12.1 Å². The number of amides is 1. The van der Waals surface area contributed by atoms with Gasteiger partial charge in [-0.3, -0.25) is 4.79 Å². The second kappa shape index (κ2) is 8.26. The highest BCUT2D eigenvalue weighted by atomic mass is 35.5. The second-order valence-corrected chi connectivity index (χ2v) is 5.83. The third-order valence-electron chi connectivity index (χ3n) is 3.53. The Balaban J connectivity index is 1.58. The zero-order valence-corrected chi connectivity index (χ0v) is 14.2. The van der Waals surface area contributed by atoms with Gasteiger partial charge in [-0.2, -0.15) is 0 Å².